The van der Waals surface area contributed by atoms with Gasteiger partial charge in [0.05, 0.1) is 10.6 Å². The molecule has 1 aliphatic carbocycles. The van der Waals surface area contributed by atoms with Crippen LogP contribution in [0.3, 0.4) is 0 Å². The fraction of sp³-hybridized carbons (Fsp3) is 0.375. The molecule has 0 aliphatic heterocycles. The van der Waals surface area contributed by atoms with Crippen LogP contribution in [0.1, 0.15) is 54.9 Å². The molecule has 3 aromatic rings. The van der Waals surface area contributed by atoms with Gasteiger partial charge in [-0.1, -0.05) is 65.9 Å². The Labute approximate surface area is 258 Å². The Morgan fingerprint density at radius 1 is 0.929 bits per heavy atom. The molecule has 7 nitrogen and oxygen atoms in total. The van der Waals surface area contributed by atoms with E-state index in [4.69, 9.17) is 23.2 Å². The number of sulfonamides is 1. The first-order valence-corrected chi connectivity index (χ1v) is 16.3. The third-order valence-electron chi connectivity index (χ3n) is 7.89. The predicted molar refractivity (Wildman–Crippen MR) is 168 cm³/mol. The van der Waals surface area contributed by atoms with Gasteiger partial charge in [-0.25, -0.2) is 8.42 Å². The number of aryl methyl sites for hydroxylation is 3. The van der Waals surface area contributed by atoms with Gasteiger partial charge in [-0.05, 0) is 93.6 Å². The second-order valence-electron chi connectivity index (χ2n) is 11.0. The standard InChI is InChI=1S/C32H37Cl2N3O4S/c1-21-9-15-29(16-10-21)42(40,41)37(28-14-11-22(2)23(3)17-28)20-31(38)36(19-25-12-13-26(33)18-30(25)34)24(4)32(39)35-27-7-5-6-8-27/h9-18,24,27H,5-8,19-20H2,1-4H3,(H,35,39)/t24-/m1/s1. The zero-order chi connectivity index (χ0) is 30.6. The van der Waals surface area contributed by atoms with E-state index in [-0.39, 0.29) is 23.4 Å². The highest BCUT2D eigenvalue weighted by Crippen LogP contribution is 2.28. The number of nitrogens with one attached hydrogen (secondary N) is 1. The second kappa shape index (κ2) is 13.5. The van der Waals surface area contributed by atoms with Crippen LogP contribution in [-0.4, -0.2) is 43.8 Å². The molecule has 0 unspecified atom stereocenters. The van der Waals surface area contributed by atoms with Crippen molar-refractivity contribution in [3.8, 4) is 0 Å². The van der Waals surface area contributed by atoms with E-state index >= 15 is 0 Å². The van der Waals surface area contributed by atoms with E-state index in [1.54, 1.807) is 49.4 Å². The summed E-state index contributed by atoms with van der Waals surface area (Å²) in [6.45, 7) is 6.84. The van der Waals surface area contributed by atoms with E-state index in [1.807, 2.05) is 26.8 Å². The van der Waals surface area contributed by atoms with Crippen LogP contribution >= 0.6 is 23.2 Å². The van der Waals surface area contributed by atoms with Crippen LogP contribution in [0.2, 0.25) is 10.0 Å². The van der Waals surface area contributed by atoms with Crippen molar-refractivity contribution in [3.05, 3.63) is 93.0 Å². The molecule has 2 amide bonds. The largest absolute Gasteiger partial charge is 0.352 e. The van der Waals surface area contributed by atoms with Crippen molar-refractivity contribution in [2.24, 2.45) is 0 Å². The number of carbonyl (C=O) groups excluding carboxylic acids is 2. The summed E-state index contributed by atoms with van der Waals surface area (Å²) in [5.74, 6) is -0.830. The number of hydrogen-bond acceptors (Lipinski definition) is 4. The number of nitrogens with zero attached hydrogens (tertiary/aromatic N) is 2. The highest BCUT2D eigenvalue weighted by Gasteiger charge is 2.33. The lowest BCUT2D eigenvalue weighted by Crippen LogP contribution is -2.52. The van der Waals surface area contributed by atoms with E-state index in [9.17, 15) is 18.0 Å². The molecular formula is C32H37Cl2N3O4S. The fourth-order valence-corrected chi connectivity index (χ4v) is 6.93. The summed E-state index contributed by atoms with van der Waals surface area (Å²) < 4.78 is 29.2. The van der Waals surface area contributed by atoms with E-state index in [0.717, 1.165) is 46.7 Å². The number of amides is 2. The van der Waals surface area contributed by atoms with Gasteiger partial charge >= 0.3 is 0 Å². The SMILES string of the molecule is Cc1ccc(S(=O)(=O)N(CC(=O)N(Cc2ccc(Cl)cc2Cl)[C@H](C)C(=O)NC2CCCC2)c2ccc(C)c(C)c2)cc1. The number of carbonyl (C=O) groups is 2. The molecule has 0 radical (unpaired) electrons. The molecule has 3 aromatic carbocycles. The predicted octanol–water partition coefficient (Wildman–Crippen LogP) is 6.59. The third kappa shape index (κ3) is 7.46. The van der Waals surface area contributed by atoms with Crippen molar-refractivity contribution in [2.75, 3.05) is 10.8 Å². The summed E-state index contributed by atoms with van der Waals surface area (Å²) in [5, 5.41) is 3.86. The molecule has 1 fully saturated rings. The second-order valence-corrected chi connectivity index (χ2v) is 13.7. The zero-order valence-electron chi connectivity index (χ0n) is 24.4. The number of hydrogen-bond donors (Lipinski definition) is 1. The molecule has 4 rings (SSSR count). The first kappa shape index (κ1) is 31.9. The Morgan fingerprint density at radius 3 is 2.21 bits per heavy atom. The van der Waals surface area contributed by atoms with Gasteiger partial charge in [-0.3, -0.25) is 13.9 Å². The maximum Gasteiger partial charge on any atom is 0.264 e. The molecule has 224 valence electrons. The average Bonchev–Trinajstić information content (AvgIpc) is 3.45. The first-order valence-electron chi connectivity index (χ1n) is 14.1. The van der Waals surface area contributed by atoms with Crippen molar-refractivity contribution in [1.82, 2.24) is 10.2 Å². The minimum absolute atomic E-state index is 0.000562. The van der Waals surface area contributed by atoms with Crippen molar-refractivity contribution in [1.29, 1.82) is 0 Å². The number of benzene rings is 3. The molecule has 10 heteroatoms. The van der Waals surface area contributed by atoms with E-state index < -0.39 is 28.5 Å². The Hall–Kier alpha value is -3.07. The van der Waals surface area contributed by atoms with Gasteiger partial charge in [0, 0.05) is 22.6 Å². The van der Waals surface area contributed by atoms with Crippen molar-refractivity contribution < 1.29 is 18.0 Å². The van der Waals surface area contributed by atoms with Gasteiger partial charge in [0.25, 0.3) is 10.0 Å². The van der Waals surface area contributed by atoms with Crippen LogP contribution in [0.5, 0.6) is 0 Å². The Kier molecular flexibility index (Phi) is 10.2. The summed E-state index contributed by atoms with van der Waals surface area (Å²) in [5.41, 5.74) is 3.75. The van der Waals surface area contributed by atoms with Crippen molar-refractivity contribution in [3.63, 3.8) is 0 Å². The van der Waals surface area contributed by atoms with E-state index in [1.165, 1.54) is 17.0 Å². The minimum atomic E-state index is -4.14. The highest BCUT2D eigenvalue weighted by molar-refractivity contribution is 7.92. The Morgan fingerprint density at radius 2 is 1.60 bits per heavy atom. The van der Waals surface area contributed by atoms with Gasteiger partial charge in [-0.2, -0.15) is 0 Å². The van der Waals surface area contributed by atoms with Crippen LogP contribution in [0.15, 0.2) is 65.6 Å². The van der Waals surface area contributed by atoms with Crippen LogP contribution in [0.25, 0.3) is 0 Å². The lowest BCUT2D eigenvalue weighted by Gasteiger charge is -2.33. The van der Waals surface area contributed by atoms with Crippen LogP contribution < -0.4 is 9.62 Å². The summed E-state index contributed by atoms with van der Waals surface area (Å²) in [6, 6.07) is 15.9. The van der Waals surface area contributed by atoms with E-state index in [2.05, 4.69) is 5.32 Å². The molecule has 1 saturated carbocycles. The molecule has 1 atom stereocenters. The van der Waals surface area contributed by atoms with Crippen molar-refractivity contribution >= 4 is 50.7 Å². The Balaban J connectivity index is 1.72. The lowest BCUT2D eigenvalue weighted by molar-refractivity contribution is -0.139. The monoisotopic (exact) mass is 629 g/mol. The minimum Gasteiger partial charge on any atom is -0.352 e. The maximum absolute atomic E-state index is 14.1. The lowest BCUT2D eigenvalue weighted by atomic mass is 10.1. The number of anilines is 1. The number of halogens is 2. The van der Waals surface area contributed by atoms with E-state index in [0.29, 0.717) is 21.3 Å². The third-order valence-corrected chi connectivity index (χ3v) is 10.3. The molecular weight excluding hydrogens is 593 g/mol. The zero-order valence-corrected chi connectivity index (χ0v) is 26.7. The van der Waals surface area contributed by atoms with Crippen LogP contribution in [0, 0.1) is 20.8 Å². The normalized spacial score (nSPS) is 14.4. The fourth-order valence-electron chi connectivity index (χ4n) is 5.05. The van der Waals surface area contributed by atoms with Crippen LogP contribution in [0.4, 0.5) is 5.69 Å². The van der Waals surface area contributed by atoms with Gasteiger partial charge in [-0.15, -0.1) is 0 Å². The smallest absolute Gasteiger partial charge is 0.264 e. The quantitative estimate of drug-likeness (QED) is 0.274. The molecule has 0 aromatic heterocycles. The van der Waals surface area contributed by atoms with Crippen LogP contribution in [-0.2, 0) is 26.2 Å². The topological polar surface area (TPSA) is 86.8 Å². The average molecular weight is 631 g/mol. The van der Waals surface area contributed by atoms with Gasteiger partial charge in [0.2, 0.25) is 11.8 Å². The summed E-state index contributed by atoms with van der Waals surface area (Å²) >= 11 is 12.6. The Bertz CT molecular complexity index is 1550. The van der Waals surface area contributed by atoms with Gasteiger partial charge < -0.3 is 10.2 Å². The maximum atomic E-state index is 14.1. The molecule has 0 saturated heterocycles. The highest BCUT2D eigenvalue weighted by atomic mass is 35.5. The molecule has 1 N–H and O–H groups in total. The van der Waals surface area contributed by atoms with Crippen molar-refractivity contribution in [2.45, 2.75) is 76.9 Å². The van der Waals surface area contributed by atoms with Gasteiger partial charge in [0.1, 0.15) is 12.6 Å². The first-order chi connectivity index (χ1) is 19.9. The molecule has 0 bridgehead atoms. The molecule has 0 spiro atoms. The summed E-state index contributed by atoms with van der Waals surface area (Å²) in [4.78, 5) is 29.0. The number of rotatable bonds is 10. The van der Waals surface area contributed by atoms with Gasteiger partial charge in [0.15, 0.2) is 0 Å². The molecule has 0 heterocycles. The summed E-state index contributed by atoms with van der Waals surface area (Å²) in [7, 11) is -4.14. The molecule has 1 aliphatic rings. The summed E-state index contributed by atoms with van der Waals surface area (Å²) in [6.07, 6.45) is 3.88. The molecule has 42 heavy (non-hydrogen) atoms.